The molecule has 4 bridgehead atoms. The minimum atomic E-state index is -1.41. The fourth-order valence-electron chi connectivity index (χ4n) is 7.29. The molecular formula is C49H63ClN8O10. The number of likely N-dealkylation sites (tertiary alicyclic amines) is 1. The summed E-state index contributed by atoms with van der Waals surface area (Å²) in [5, 5.41) is 43.0. The van der Waals surface area contributed by atoms with E-state index in [-0.39, 0.29) is 41.2 Å². The zero-order valence-corrected chi connectivity index (χ0v) is 39.7. The number of carbonyl (C=O) groups excluding carboxylic acids is 7. The van der Waals surface area contributed by atoms with Gasteiger partial charge in [0.1, 0.15) is 42.5 Å². The molecule has 0 aromatic heterocycles. The molecule has 4 aromatic carbocycles. The van der Waals surface area contributed by atoms with Crippen molar-refractivity contribution >= 4 is 53.8 Å². The highest BCUT2D eigenvalue weighted by atomic mass is 35.5. The Hall–Kier alpha value is -6.86. The Kier molecular flexibility index (Phi) is 22.1. The lowest BCUT2D eigenvalue weighted by Gasteiger charge is -2.30. The lowest BCUT2D eigenvalue weighted by Crippen LogP contribution is -2.57. The molecule has 2 heterocycles. The lowest BCUT2D eigenvalue weighted by atomic mass is 9.93. The molecule has 2 aliphatic heterocycles. The molecule has 0 aliphatic carbocycles. The number of unbranched alkanes of at least 4 members (excludes halogenated alkanes) is 1. The molecule has 19 heteroatoms. The van der Waals surface area contributed by atoms with E-state index in [0.29, 0.717) is 29.1 Å². The maximum absolute atomic E-state index is 14.1. The van der Waals surface area contributed by atoms with E-state index in [9.17, 15) is 44.1 Å². The van der Waals surface area contributed by atoms with E-state index >= 15 is 0 Å². The Morgan fingerprint density at radius 3 is 2.04 bits per heavy atom. The minimum Gasteiger partial charge on any atom is -0.507 e. The zero-order chi connectivity index (χ0) is 50.7. The number of nitrogens with zero attached hydrogens (tertiary/aromatic N) is 2. The van der Waals surface area contributed by atoms with Gasteiger partial charge < -0.3 is 62.6 Å². The van der Waals surface area contributed by atoms with Gasteiger partial charge in [0.15, 0.2) is 0 Å². The van der Waals surface area contributed by atoms with Crippen LogP contribution in [0, 0.1) is 0 Å². The number of aliphatic hydroxyl groups excluding tert-OH is 1. The normalized spacial score (nSPS) is 17.9. The third-order valence-electron chi connectivity index (χ3n) is 11.0. The molecule has 6 amide bonds. The van der Waals surface area contributed by atoms with Crippen molar-refractivity contribution in [2.75, 3.05) is 40.3 Å². The number of phenolic OH excluding ortho intramolecular Hbond substituents is 2. The van der Waals surface area contributed by atoms with Crippen molar-refractivity contribution in [2.45, 2.75) is 76.7 Å². The van der Waals surface area contributed by atoms with Crippen LogP contribution in [0.3, 0.4) is 0 Å². The van der Waals surface area contributed by atoms with Crippen LogP contribution >= 0.6 is 11.6 Å². The first-order valence-corrected chi connectivity index (χ1v) is 22.4. The average Bonchev–Trinajstić information content (AvgIpc) is 3.78. The first-order valence-electron chi connectivity index (χ1n) is 22.0. The molecule has 5 atom stereocenters. The summed E-state index contributed by atoms with van der Waals surface area (Å²) in [4.78, 5) is 91.8. The number of β-amino-alcohol motifs (C(OH)–C–C–N with tert-alkyl or cyclic N) is 1. The highest BCUT2D eigenvalue weighted by Crippen LogP contribution is 2.39. The van der Waals surface area contributed by atoms with E-state index in [2.05, 4.69) is 33.9 Å². The summed E-state index contributed by atoms with van der Waals surface area (Å²) in [7, 11) is 2.85. The second-order valence-corrected chi connectivity index (χ2v) is 16.3. The van der Waals surface area contributed by atoms with Gasteiger partial charge >= 0.3 is 0 Å². The molecule has 366 valence electrons. The number of carbonyl (C=O) groups is 7. The van der Waals surface area contributed by atoms with Crippen LogP contribution < -0.4 is 32.7 Å². The van der Waals surface area contributed by atoms with Crippen molar-refractivity contribution in [3.63, 3.8) is 0 Å². The van der Waals surface area contributed by atoms with Crippen molar-refractivity contribution in [3.8, 4) is 33.8 Å². The van der Waals surface area contributed by atoms with Crippen molar-refractivity contribution in [2.24, 2.45) is 11.5 Å². The number of nitrogens with two attached hydrogens (primary N) is 2. The quantitative estimate of drug-likeness (QED) is 0.111. The number of nitrogens with one attached hydrogen (secondary N) is 4. The number of likely N-dealkylation sites (N-methyl/N-ethyl adjacent to an activating group) is 1. The molecule has 1 fully saturated rings. The van der Waals surface area contributed by atoms with E-state index in [1.54, 1.807) is 42.5 Å². The van der Waals surface area contributed by atoms with Gasteiger partial charge in [0.25, 0.3) is 5.91 Å². The number of benzene rings is 4. The van der Waals surface area contributed by atoms with Gasteiger partial charge in [-0.15, -0.1) is 0 Å². The molecule has 0 saturated carbocycles. The van der Waals surface area contributed by atoms with Gasteiger partial charge in [-0.3, -0.25) is 28.8 Å². The van der Waals surface area contributed by atoms with Gasteiger partial charge in [-0.2, -0.15) is 0 Å². The predicted molar refractivity (Wildman–Crippen MR) is 259 cm³/mol. The molecule has 0 radical (unpaired) electrons. The van der Waals surface area contributed by atoms with E-state index < -0.39 is 72.3 Å². The van der Waals surface area contributed by atoms with Crippen molar-refractivity contribution in [1.82, 2.24) is 31.1 Å². The van der Waals surface area contributed by atoms with Gasteiger partial charge in [-0.05, 0) is 111 Å². The first-order chi connectivity index (χ1) is 32.5. The fourth-order valence-corrected chi connectivity index (χ4v) is 7.42. The lowest BCUT2D eigenvalue weighted by molar-refractivity contribution is -0.140. The zero-order valence-electron chi connectivity index (χ0n) is 39.0. The summed E-state index contributed by atoms with van der Waals surface area (Å²) in [6.45, 7) is 7.84. The standard InChI is InChI=1S/C43H45ClN6O9.C4H11N.CH5N.CH2O/c1-23-39(55)48-34(41(57)47-24(2)43(59)50-17-16-31(51)22-50)19-25-4-14-35(52)32(18-25)33-20-29(11-15-36(33)53)38(42(58)46-23)49(3)37(54)21-45-40(56)28-7-5-26(6-8-28)27-9-12-30(44)13-10-27;1-2-3-4-5;2*1-2/h4-15,18,20,23-24,31,34,38,51-53H,16-17,19,21-22H2,1-3H3,(H,45,56)(H,46,58)(H,47,57)(H,48,55);2-5H2,1H3;2H2,1H3;1H2/t23-,24-,31?,34?,38?;;;/m0.../s1. The van der Waals surface area contributed by atoms with E-state index in [0.717, 1.165) is 22.6 Å². The maximum atomic E-state index is 14.1. The number of fused-ring (bicyclic) bond motifs is 5. The van der Waals surface area contributed by atoms with Crippen molar-refractivity contribution in [3.05, 3.63) is 107 Å². The highest BCUT2D eigenvalue weighted by Gasteiger charge is 2.35. The molecule has 18 nitrogen and oxygen atoms in total. The number of aromatic hydroxyl groups is 2. The molecule has 3 unspecified atom stereocenters. The molecular weight excluding hydrogens is 896 g/mol. The number of halogens is 1. The monoisotopic (exact) mass is 958 g/mol. The SMILES string of the molecule is C=O.CCCCN.CN.C[C@@H]1NC(=O)C(N(C)C(=O)CNC(=O)c2ccc(-c3ccc(Cl)cc3)cc2)c2ccc(O)c(c2)-c2cc(ccc2O)CC(C(=O)N[C@@H](C)C(=O)N2CCC(O)C2)NC1=O. The summed E-state index contributed by atoms with van der Waals surface area (Å²) >= 11 is 6.00. The maximum Gasteiger partial charge on any atom is 0.251 e. The Balaban J connectivity index is 0.00000126. The largest absolute Gasteiger partial charge is 0.507 e. The van der Waals surface area contributed by atoms with E-state index in [1.807, 2.05) is 18.9 Å². The topological polar surface area (TPSA) is 287 Å². The Labute approximate surface area is 401 Å². The average molecular weight is 960 g/mol. The van der Waals surface area contributed by atoms with Crippen LogP contribution in [-0.4, -0.2) is 132 Å². The van der Waals surface area contributed by atoms with Crippen LogP contribution in [-0.2, 0) is 35.2 Å². The summed E-state index contributed by atoms with van der Waals surface area (Å²) in [6, 6.07) is 17.7. The van der Waals surface area contributed by atoms with Crippen LogP contribution in [0.15, 0.2) is 84.9 Å². The van der Waals surface area contributed by atoms with Crippen LogP contribution in [0.5, 0.6) is 11.5 Å². The Morgan fingerprint density at radius 2 is 1.49 bits per heavy atom. The third-order valence-corrected chi connectivity index (χ3v) is 11.3. The highest BCUT2D eigenvalue weighted by molar-refractivity contribution is 6.30. The van der Waals surface area contributed by atoms with Gasteiger partial charge in [0.2, 0.25) is 29.5 Å². The van der Waals surface area contributed by atoms with Crippen molar-refractivity contribution < 1.29 is 48.9 Å². The Morgan fingerprint density at radius 1 is 0.897 bits per heavy atom. The number of amides is 6. The second kappa shape index (κ2) is 27.1. The van der Waals surface area contributed by atoms with Crippen molar-refractivity contribution in [1.29, 1.82) is 0 Å². The first kappa shape index (κ1) is 55.5. The number of aliphatic hydroxyl groups is 1. The summed E-state index contributed by atoms with van der Waals surface area (Å²) < 4.78 is 0. The number of phenols is 2. The van der Waals surface area contributed by atoms with E-state index in [1.165, 1.54) is 76.0 Å². The molecule has 4 aromatic rings. The smallest absolute Gasteiger partial charge is 0.251 e. The van der Waals surface area contributed by atoms with Crippen LogP contribution in [0.4, 0.5) is 0 Å². The van der Waals surface area contributed by atoms with Crippen LogP contribution in [0.25, 0.3) is 22.3 Å². The van der Waals surface area contributed by atoms with Gasteiger partial charge in [0.05, 0.1) is 12.6 Å². The van der Waals surface area contributed by atoms with Gasteiger partial charge in [-0.25, -0.2) is 0 Å². The number of rotatable bonds is 10. The van der Waals surface area contributed by atoms with Crippen LogP contribution in [0.1, 0.15) is 67.6 Å². The van der Waals surface area contributed by atoms with Gasteiger partial charge in [-0.1, -0.05) is 61.3 Å². The number of hydrogen-bond acceptors (Lipinski definition) is 12. The summed E-state index contributed by atoms with van der Waals surface area (Å²) in [5.74, 6) is -4.36. The van der Waals surface area contributed by atoms with E-state index in [4.69, 9.17) is 22.1 Å². The molecule has 11 N–H and O–H groups in total. The fraction of sp³-hybridized carbons (Fsp3) is 0.367. The van der Waals surface area contributed by atoms with Gasteiger partial charge in [0, 0.05) is 48.3 Å². The molecule has 0 spiro atoms. The number of hydrogen-bond donors (Lipinski definition) is 9. The molecule has 6 rings (SSSR count). The molecule has 68 heavy (non-hydrogen) atoms. The molecule has 1 saturated heterocycles. The predicted octanol–water partition coefficient (Wildman–Crippen LogP) is 2.79. The summed E-state index contributed by atoms with van der Waals surface area (Å²) in [6.07, 6.45) is 2.04. The summed E-state index contributed by atoms with van der Waals surface area (Å²) in [5.41, 5.74) is 12.6. The molecule has 2 aliphatic rings. The Bertz CT molecular complexity index is 2350. The third kappa shape index (κ3) is 15.1. The minimum absolute atomic E-state index is 0.104. The van der Waals surface area contributed by atoms with Crippen LogP contribution in [0.2, 0.25) is 5.02 Å². The second-order valence-electron chi connectivity index (χ2n) is 15.9.